The van der Waals surface area contributed by atoms with Crippen molar-refractivity contribution in [2.45, 2.75) is 51.5 Å². The zero-order chi connectivity index (χ0) is 10.6. The molecule has 0 bridgehead atoms. The zero-order valence-electron chi connectivity index (χ0n) is 9.20. The maximum absolute atomic E-state index is 5.87. The summed E-state index contributed by atoms with van der Waals surface area (Å²) in [5, 5.41) is 4.76. The highest BCUT2D eigenvalue weighted by Crippen LogP contribution is 2.10. The Kier molecular flexibility index (Phi) is 4.46. The third-order valence-corrected chi connectivity index (χ3v) is 2.45. The van der Waals surface area contributed by atoms with Gasteiger partial charge in [-0.2, -0.15) is 5.10 Å². The van der Waals surface area contributed by atoms with E-state index < -0.39 is 0 Å². The molecule has 1 unspecified atom stereocenters. The zero-order valence-corrected chi connectivity index (χ0v) is 9.96. The molecule has 0 aliphatic carbocycles. The largest absolute Gasteiger partial charge is 0.270 e. The summed E-state index contributed by atoms with van der Waals surface area (Å²) in [5.41, 5.74) is 1.18. The van der Waals surface area contributed by atoms with Gasteiger partial charge in [-0.1, -0.05) is 0 Å². The van der Waals surface area contributed by atoms with Gasteiger partial charge in [0.2, 0.25) is 0 Å². The second kappa shape index (κ2) is 5.40. The van der Waals surface area contributed by atoms with Gasteiger partial charge in [0.05, 0.1) is 5.69 Å². The number of hydrogen-bond acceptors (Lipinski definition) is 1. The Hall–Kier alpha value is -0.500. The van der Waals surface area contributed by atoms with Crippen molar-refractivity contribution < 1.29 is 0 Å². The van der Waals surface area contributed by atoms with Crippen molar-refractivity contribution in [2.75, 3.05) is 0 Å². The Bertz CT molecular complexity index is 266. The SMILES string of the molecule is CC(Cl)CCCc1ccn(C(C)C)n1. The smallest absolute Gasteiger partial charge is 0.0624 e. The number of aryl methyl sites for hydroxylation is 1. The number of halogens is 1. The van der Waals surface area contributed by atoms with Crippen LogP contribution in [0.2, 0.25) is 0 Å². The van der Waals surface area contributed by atoms with Crippen LogP contribution >= 0.6 is 11.6 Å². The number of nitrogens with zero attached hydrogens (tertiary/aromatic N) is 2. The molecule has 1 aromatic heterocycles. The lowest BCUT2D eigenvalue weighted by Gasteiger charge is -2.04. The molecule has 3 heteroatoms. The van der Waals surface area contributed by atoms with Crippen LogP contribution in [0.4, 0.5) is 0 Å². The van der Waals surface area contributed by atoms with E-state index >= 15 is 0 Å². The predicted octanol–water partition coefficient (Wildman–Crippen LogP) is 3.41. The van der Waals surface area contributed by atoms with Crippen LogP contribution < -0.4 is 0 Å². The molecule has 0 fully saturated rings. The van der Waals surface area contributed by atoms with Gasteiger partial charge in [0.15, 0.2) is 0 Å². The van der Waals surface area contributed by atoms with E-state index in [1.165, 1.54) is 5.69 Å². The van der Waals surface area contributed by atoms with Crippen LogP contribution in [0.25, 0.3) is 0 Å². The lowest BCUT2D eigenvalue weighted by atomic mass is 10.1. The molecule has 80 valence electrons. The van der Waals surface area contributed by atoms with E-state index in [2.05, 4.69) is 25.0 Å². The average Bonchev–Trinajstić information content (AvgIpc) is 2.52. The lowest BCUT2D eigenvalue weighted by molar-refractivity contribution is 0.524. The van der Waals surface area contributed by atoms with E-state index in [1.54, 1.807) is 0 Å². The molecular formula is C11H19ClN2. The lowest BCUT2D eigenvalue weighted by Crippen LogP contribution is -2.02. The van der Waals surface area contributed by atoms with Gasteiger partial charge < -0.3 is 0 Å². The van der Waals surface area contributed by atoms with Crippen molar-refractivity contribution in [2.24, 2.45) is 0 Å². The molecule has 0 N–H and O–H groups in total. The van der Waals surface area contributed by atoms with Gasteiger partial charge in [0, 0.05) is 17.6 Å². The molecule has 0 saturated heterocycles. The molecule has 1 atom stereocenters. The van der Waals surface area contributed by atoms with Gasteiger partial charge in [0.25, 0.3) is 0 Å². The molecule has 1 aromatic rings. The topological polar surface area (TPSA) is 17.8 Å². The molecule has 0 radical (unpaired) electrons. The highest BCUT2D eigenvalue weighted by Gasteiger charge is 2.02. The summed E-state index contributed by atoms with van der Waals surface area (Å²) in [6.45, 7) is 6.31. The van der Waals surface area contributed by atoms with Crippen LogP contribution in [0.1, 0.15) is 45.3 Å². The van der Waals surface area contributed by atoms with Gasteiger partial charge in [-0.15, -0.1) is 11.6 Å². The Balaban J connectivity index is 2.36. The minimum atomic E-state index is 0.280. The molecule has 0 aliphatic heterocycles. The van der Waals surface area contributed by atoms with Crippen LogP contribution in [0.15, 0.2) is 12.3 Å². The molecule has 14 heavy (non-hydrogen) atoms. The minimum Gasteiger partial charge on any atom is -0.270 e. The first-order valence-corrected chi connectivity index (χ1v) is 5.71. The van der Waals surface area contributed by atoms with Crippen LogP contribution in [0.3, 0.4) is 0 Å². The first kappa shape index (κ1) is 11.6. The first-order valence-electron chi connectivity index (χ1n) is 5.27. The minimum absolute atomic E-state index is 0.280. The molecule has 0 spiro atoms. The van der Waals surface area contributed by atoms with Crippen molar-refractivity contribution >= 4 is 11.6 Å². The van der Waals surface area contributed by atoms with Crippen molar-refractivity contribution in [3.05, 3.63) is 18.0 Å². The fourth-order valence-electron chi connectivity index (χ4n) is 1.36. The normalized spacial score (nSPS) is 13.5. The van der Waals surface area contributed by atoms with Crippen LogP contribution in [-0.4, -0.2) is 15.2 Å². The molecule has 2 nitrogen and oxygen atoms in total. The molecular weight excluding hydrogens is 196 g/mol. The summed E-state index contributed by atoms with van der Waals surface area (Å²) in [5.74, 6) is 0. The Morgan fingerprint density at radius 3 is 2.64 bits per heavy atom. The van der Waals surface area contributed by atoms with E-state index in [-0.39, 0.29) is 5.38 Å². The van der Waals surface area contributed by atoms with Gasteiger partial charge in [-0.25, -0.2) is 0 Å². The molecule has 0 aromatic carbocycles. The average molecular weight is 215 g/mol. The van der Waals surface area contributed by atoms with Gasteiger partial charge in [-0.05, 0) is 46.1 Å². The molecule has 1 rings (SSSR count). The van der Waals surface area contributed by atoms with Crippen molar-refractivity contribution in [3.8, 4) is 0 Å². The highest BCUT2D eigenvalue weighted by molar-refractivity contribution is 6.20. The predicted molar refractivity (Wildman–Crippen MR) is 60.9 cm³/mol. The van der Waals surface area contributed by atoms with Gasteiger partial charge in [0.1, 0.15) is 0 Å². The summed E-state index contributed by atoms with van der Waals surface area (Å²) in [4.78, 5) is 0. The monoisotopic (exact) mass is 214 g/mol. The highest BCUT2D eigenvalue weighted by atomic mass is 35.5. The summed E-state index contributed by atoms with van der Waals surface area (Å²) in [6.07, 6.45) is 5.27. The third-order valence-electron chi connectivity index (χ3n) is 2.23. The van der Waals surface area contributed by atoms with E-state index in [1.807, 2.05) is 17.8 Å². The Morgan fingerprint density at radius 1 is 1.43 bits per heavy atom. The van der Waals surface area contributed by atoms with Crippen LogP contribution in [-0.2, 0) is 6.42 Å². The standard InChI is InChI=1S/C11H19ClN2/c1-9(2)14-8-7-11(13-14)6-4-5-10(3)12/h7-10H,4-6H2,1-3H3. The molecule has 0 saturated carbocycles. The maximum atomic E-state index is 5.87. The second-order valence-electron chi connectivity index (χ2n) is 4.05. The molecule has 0 amide bonds. The summed E-state index contributed by atoms with van der Waals surface area (Å²) in [6, 6.07) is 2.55. The second-order valence-corrected chi connectivity index (χ2v) is 4.80. The van der Waals surface area contributed by atoms with Crippen LogP contribution in [0, 0.1) is 0 Å². The third kappa shape index (κ3) is 3.70. The van der Waals surface area contributed by atoms with Crippen molar-refractivity contribution in [1.82, 2.24) is 9.78 Å². The van der Waals surface area contributed by atoms with E-state index in [0.29, 0.717) is 6.04 Å². The number of hydrogen-bond donors (Lipinski definition) is 0. The fraction of sp³-hybridized carbons (Fsp3) is 0.727. The fourth-order valence-corrected chi connectivity index (χ4v) is 1.52. The maximum Gasteiger partial charge on any atom is 0.0624 e. The molecule has 0 aliphatic rings. The Morgan fingerprint density at radius 2 is 2.14 bits per heavy atom. The Labute approximate surface area is 91.3 Å². The quantitative estimate of drug-likeness (QED) is 0.687. The number of rotatable bonds is 5. The van der Waals surface area contributed by atoms with Crippen molar-refractivity contribution in [1.29, 1.82) is 0 Å². The van der Waals surface area contributed by atoms with E-state index in [0.717, 1.165) is 19.3 Å². The summed E-state index contributed by atoms with van der Waals surface area (Å²) < 4.78 is 2.00. The van der Waals surface area contributed by atoms with E-state index in [4.69, 9.17) is 11.6 Å². The van der Waals surface area contributed by atoms with Crippen LogP contribution in [0.5, 0.6) is 0 Å². The van der Waals surface area contributed by atoms with Gasteiger partial charge in [-0.3, -0.25) is 4.68 Å². The van der Waals surface area contributed by atoms with Crippen molar-refractivity contribution in [3.63, 3.8) is 0 Å². The van der Waals surface area contributed by atoms with Gasteiger partial charge >= 0.3 is 0 Å². The summed E-state index contributed by atoms with van der Waals surface area (Å²) in [7, 11) is 0. The van der Waals surface area contributed by atoms with E-state index in [9.17, 15) is 0 Å². The number of aromatic nitrogens is 2. The number of alkyl halides is 1. The first-order chi connectivity index (χ1) is 6.59. The summed E-state index contributed by atoms with van der Waals surface area (Å²) >= 11 is 5.87. The molecule has 1 heterocycles.